The molecule has 0 aliphatic rings. The maximum Gasteiger partial charge on any atom is 0.258 e. The summed E-state index contributed by atoms with van der Waals surface area (Å²) in [5.41, 5.74) is 2.63. The molecule has 2 rings (SSSR count). The predicted molar refractivity (Wildman–Crippen MR) is 84.9 cm³/mol. The normalized spacial score (nSPS) is 10.3. The van der Waals surface area contributed by atoms with Gasteiger partial charge in [-0.25, -0.2) is 4.98 Å². The fourth-order valence-electron chi connectivity index (χ4n) is 1.89. The van der Waals surface area contributed by atoms with Gasteiger partial charge in [-0.15, -0.1) is 0 Å². The van der Waals surface area contributed by atoms with Crippen molar-refractivity contribution in [2.75, 3.05) is 5.32 Å². The van der Waals surface area contributed by atoms with Crippen LogP contribution in [0.25, 0.3) is 0 Å². The van der Waals surface area contributed by atoms with Gasteiger partial charge in [-0.2, -0.15) is 0 Å². The summed E-state index contributed by atoms with van der Waals surface area (Å²) in [6, 6.07) is 11.5. The zero-order chi connectivity index (χ0) is 14.4. The summed E-state index contributed by atoms with van der Waals surface area (Å²) in [7, 11) is 0. The van der Waals surface area contributed by atoms with Crippen LogP contribution in [0.4, 0.5) is 5.69 Å². The molecule has 20 heavy (non-hydrogen) atoms. The fourth-order valence-corrected chi connectivity index (χ4v) is 2.32. The van der Waals surface area contributed by atoms with Gasteiger partial charge in [0.25, 0.3) is 5.91 Å². The third-order valence-corrected chi connectivity index (χ3v) is 3.67. The third-order valence-electron chi connectivity index (χ3n) is 3.03. The molecule has 1 heterocycles. The van der Waals surface area contributed by atoms with Gasteiger partial charge in [-0.1, -0.05) is 25.5 Å². The fraction of sp³-hybridized carbons (Fsp3) is 0.250. The standard InChI is InChI=1S/C16H17BrN2O/c1-2-3-5-12-7-9-13(10-8-12)19-16(20)14-6-4-11-18-15(14)17/h4,6-11H,2-3,5H2,1H3,(H,19,20). The van der Waals surface area contributed by atoms with E-state index in [0.717, 1.165) is 12.1 Å². The van der Waals surface area contributed by atoms with E-state index in [1.54, 1.807) is 18.3 Å². The molecule has 0 fully saturated rings. The van der Waals surface area contributed by atoms with E-state index in [1.807, 2.05) is 12.1 Å². The molecule has 0 aliphatic carbocycles. The van der Waals surface area contributed by atoms with Crippen LogP contribution in [-0.2, 0) is 6.42 Å². The largest absolute Gasteiger partial charge is 0.322 e. The first kappa shape index (κ1) is 14.7. The number of rotatable bonds is 5. The zero-order valence-electron chi connectivity index (χ0n) is 11.4. The highest BCUT2D eigenvalue weighted by molar-refractivity contribution is 9.10. The van der Waals surface area contributed by atoms with Gasteiger partial charge in [-0.05, 0) is 58.6 Å². The number of hydrogen-bond donors (Lipinski definition) is 1. The number of pyridine rings is 1. The molecular weight excluding hydrogens is 316 g/mol. The number of carbonyl (C=O) groups excluding carboxylic acids is 1. The van der Waals surface area contributed by atoms with E-state index >= 15 is 0 Å². The van der Waals surface area contributed by atoms with Gasteiger partial charge in [-0.3, -0.25) is 4.79 Å². The van der Waals surface area contributed by atoms with Crippen LogP contribution in [0.1, 0.15) is 35.7 Å². The lowest BCUT2D eigenvalue weighted by atomic mass is 10.1. The lowest BCUT2D eigenvalue weighted by Crippen LogP contribution is -2.12. The molecule has 1 aromatic carbocycles. The third kappa shape index (κ3) is 3.90. The number of unbranched alkanes of at least 4 members (excludes halogenated alkanes) is 1. The number of nitrogens with one attached hydrogen (secondary N) is 1. The molecule has 104 valence electrons. The summed E-state index contributed by atoms with van der Waals surface area (Å²) < 4.78 is 0.553. The summed E-state index contributed by atoms with van der Waals surface area (Å²) >= 11 is 3.28. The first-order valence-corrected chi connectivity index (χ1v) is 7.51. The first-order valence-electron chi connectivity index (χ1n) is 6.71. The minimum Gasteiger partial charge on any atom is -0.322 e. The van der Waals surface area contributed by atoms with Crippen molar-refractivity contribution in [1.29, 1.82) is 0 Å². The van der Waals surface area contributed by atoms with E-state index in [0.29, 0.717) is 10.2 Å². The summed E-state index contributed by atoms with van der Waals surface area (Å²) in [5.74, 6) is -0.161. The van der Waals surface area contributed by atoms with Crippen LogP contribution in [0.15, 0.2) is 47.2 Å². The van der Waals surface area contributed by atoms with Crippen LogP contribution in [0.5, 0.6) is 0 Å². The van der Waals surface area contributed by atoms with Crippen LogP contribution in [-0.4, -0.2) is 10.9 Å². The molecule has 1 N–H and O–H groups in total. The zero-order valence-corrected chi connectivity index (χ0v) is 13.0. The molecule has 0 aliphatic heterocycles. The number of hydrogen-bond acceptors (Lipinski definition) is 2. The smallest absolute Gasteiger partial charge is 0.258 e. The highest BCUT2D eigenvalue weighted by Crippen LogP contribution is 2.16. The Morgan fingerprint density at radius 2 is 2.00 bits per heavy atom. The number of nitrogens with zero attached hydrogens (tertiary/aromatic N) is 1. The van der Waals surface area contributed by atoms with Crippen molar-refractivity contribution in [2.45, 2.75) is 26.2 Å². The topological polar surface area (TPSA) is 42.0 Å². The van der Waals surface area contributed by atoms with E-state index < -0.39 is 0 Å². The number of anilines is 1. The van der Waals surface area contributed by atoms with Gasteiger partial charge in [0, 0.05) is 11.9 Å². The average molecular weight is 333 g/mol. The van der Waals surface area contributed by atoms with E-state index in [4.69, 9.17) is 0 Å². The Labute approximate surface area is 127 Å². The molecule has 0 saturated heterocycles. The van der Waals surface area contributed by atoms with E-state index in [-0.39, 0.29) is 5.91 Å². The summed E-state index contributed by atoms with van der Waals surface area (Å²) in [4.78, 5) is 16.2. The molecule has 1 amide bonds. The number of halogens is 1. The Balaban J connectivity index is 2.03. The van der Waals surface area contributed by atoms with Gasteiger partial charge in [0.15, 0.2) is 0 Å². The Bertz CT molecular complexity index is 581. The molecule has 0 saturated carbocycles. The van der Waals surface area contributed by atoms with Crippen molar-refractivity contribution >= 4 is 27.5 Å². The predicted octanol–water partition coefficient (Wildman–Crippen LogP) is 4.44. The highest BCUT2D eigenvalue weighted by Gasteiger charge is 2.10. The van der Waals surface area contributed by atoms with Gasteiger partial charge in [0.2, 0.25) is 0 Å². The maximum atomic E-state index is 12.1. The van der Waals surface area contributed by atoms with E-state index in [2.05, 4.69) is 45.3 Å². The van der Waals surface area contributed by atoms with Crippen molar-refractivity contribution < 1.29 is 4.79 Å². The number of benzene rings is 1. The highest BCUT2D eigenvalue weighted by atomic mass is 79.9. The van der Waals surface area contributed by atoms with Gasteiger partial charge >= 0.3 is 0 Å². The Hall–Kier alpha value is -1.68. The van der Waals surface area contributed by atoms with Crippen LogP contribution < -0.4 is 5.32 Å². The number of aromatic nitrogens is 1. The van der Waals surface area contributed by atoms with Crippen LogP contribution in [0, 0.1) is 0 Å². The van der Waals surface area contributed by atoms with Crippen LogP contribution in [0.2, 0.25) is 0 Å². The molecule has 0 unspecified atom stereocenters. The minimum atomic E-state index is -0.161. The lowest BCUT2D eigenvalue weighted by Gasteiger charge is -2.07. The van der Waals surface area contributed by atoms with Gasteiger partial charge < -0.3 is 5.32 Å². The van der Waals surface area contributed by atoms with Crippen molar-refractivity contribution in [1.82, 2.24) is 4.98 Å². The van der Waals surface area contributed by atoms with Crippen molar-refractivity contribution in [3.63, 3.8) is 0 Å². The maximum absolute atomic E-state index is 12.1. The molecular formula is C16H17BrN2O. The minimum absolute atomic E-state index is 0.161. The molecule has 3 nitrogen and oxygen atoms in total. The van der Waals surface area contributed by atoms with Crippen LogP contribution in [0.3, 0.4) is 0 Å². The Morgan fingerprint density at radius 1 is 1.25 bits per heavy atom. The van der Waals surface area contributed by atoms with Crippen LogP contribution >= 0.6 is 15.9 Å². The number of carbonyl (C=O) groups is 1. The first-order chi connectivity index (χ1) is 9.70. The van der Waals surface area contributed by atoms with Crippen molar-refractivity contribution in [3.05, 3.63) is 58.3 Å². The SMILES string of the molecule is CCCCc1ccc(NC(=O)c2cccnc2Br)cc1. The van der Waals surface area contributed by atoms with Gasteiger partial charge in [0.05, 0.1) is 5.56 Å². The summed E-state index contributed by atoms with van der Waals surface area (Å²) in [6.45, 7) is 2.18. The quantitative estimate of drug-likeness (QED) is 0.822. The van der Waals surface area contributed by atoms with Gasteiger partial charge in [0.1, 0.15) is 4.60 Å². The van der Waals surface area contributed by atoms with Crippen molar-refractivity contribution in [2.24, 2.45) is 0 Å². The average Bonchev–Trinajstić information content (AvgIpc) is 2.47. The molecule has 4 heteroatoms. The second kappa shape index (κ2) is 7.20. The molecule has 0 spiro atoms. The lowest BCUT2D eigenvalue weighted by molar-refractivity contribution is 0.102. The van der Waals surface area contributed by atoms with E-state index in [9.17, 15) is 4.79 Å². The number of aryl methyl sites for hydroxylation is 1. The monoisotopic (exact) mass is 332 g/mol. The van der Waals surface area contributed by atoms with E-state index in [1.165, 1.54) is 18.4 Å². The Morgan fingerprint density at radius 3 is 2.65 bits per heavy atom. The summed E-state index contributed by atoms with van der Waals surface area (Å²) in [6.07, 6.45) is 5.10. The molecule has 1 aromatic heterocycles. The van der Waals surface area contributed by atoms with Crippen molar-refractivity contribution in [3.8, 4) is 0 Å². The second-order valence-corrected chi connectivity index (χ2v) is 5.35. The Kier molecular flexibility index (Phi) is 5.30. The molecule has 0 atom stereocenters. The molecule has 2 aromatic rings. The summed E-state index contributed by atoms with van der Waals surface area (Å²) in [5, 5.41) is 2.87. The number of amides is 1. The molecule has 0 bridgehead atoms. The second-order valence-electron chi connectivity index (χ2n) is 4.60. The molecule has 0 radical (unpaired) electrons.